The lowest BCUT2D eigenvalue weighted by molar-refractivity contribution is -0.121. The van der Waals surface area contributed by atoms with Gasteiger partial charge in [-0.15, -0.1) is 0 Å². The van der Waals surface area contributed by atoms with Gasteiger partial charge in [0, 0.05) is 37.4 Å². The standard InChI is InChI=1S/C39H48N4O5/c1-2-7-32(44)21-34(46)22-33(45)14-12-28-13-15-37(47)38(20-28)48-26-43-24-35-31(23-42-36(35)25-43)19-29-10-6-11-30(18-29)39(40)41-17-16-27-8-4-3-5-9-27/h3-6,8-11,13,15,18,20,23-24,32,34,39,41,44,46-47H,2,7,12,14,16-17,19,21-22,25-26,40H2,1H3/t32-,34+,39+/m0/s1. The van der Waals surface area contributed by atoms with E-state index in [0.29, 0.717) is 25.1 Å². The quantitative estimate of drug-likeness (QED) is 0.113. The number of phenols is 1. The zero-order valence-corrected chi connectivity index (χ0v) is 27.7. The molecule has 0 aliphatic carbocycles. The summed E-state index contributed by atoms with van der Waals surface area (Å²) in [5.74, 6) is 0.316. The van der Waals surface area contributed by atoms with Crippen LogP contribution < -0.4 is 15.8 Å². The molecule has 0 saturated carbocycles. The summed E-state index contributed by atoms with van der Waals surface area (Å²) in [6, 6.07) is 23.8. The van der Waals surface area contributed by atoms with E-state index in [-0.39, 0.29) is 43.7 Å². The second-order valence-corrected chi connectivity index (χ2v) is 12.8. The minimum absolute atomic E-state index is 0.0253. The Bertz CT molecular complexity index is 1620. The van der Waals surface area contributed by atoms with Crippen molar-refractivity contribution in [3.05, 3.63) is 119 Å². The molecule has 5 rings (SSSR count). The Kier molecular flexibility index (Phi) is 12.6. The van der Waals surface area contributed by atoms with Gasteiger partial charge in [0.1, 0.15) is 5.78 Å². The highest BCUT2D eigenvalue weighted by atomic mass is 16.5. The van der Waals surface area contributed by atoms with Crippen LogP contribution in [0, 0.1) is 0 Å². The number of allylic oxidation sites excluding steroid dienone is 1. The third-order valence-corrected chi connectivity index (χ3v) is 8.76. The predicted octanol–water partition coefficient (Wildman–Crippen LogP) is 5.10. The summed E-state index contributed by atoms with van der Waals surface area (Å²) in [4.78, 5) is 19.1. The topological polar surface area (TPSA) is 141 Å². The molecule has 0 fully saturated rings. The third kappa shape index (κ3) is 10.1. The smallest absolute Gasteiger partial charge is 0.163 e. The van der Waals surface area contributed by atoms with Crippen LogP contribution in [0.2, 0.25) is 0 Å². The number of phenolic OH excluding ortho intramolecular Hbond substituents is 1. The number of aliphatic hydroxyl groups is 2. The van der Waals surface area contributed by atoms with E-state index in [1.165, 1.54) is 5.56 Å². The minimum Gasteiger partial charge on any atom is -0.504 e. The molecule has 2 aliphatic rings. The number of fused-ring (bicyclic) bond motifs is 1. The number of nitrogens with one attached hydrogen (secondary N) is 1. The molecule has 3 aromatic rings. The number of nitrogens with two attached hydrogens (primary N) is 1. The molecule has 48 heavy (non-hydrogen) atoms. The zero-order chi connectivity index (χ0) is 33.9. The van der Waals surface area contributed by atoms with Crippen LogP contribution in [0.25, 0.3) is 0 Å². The first-order chi connectivity index (χ1) is 23.3. The summed E-state index contributed by atoms with van der Waals surface area (Å²) in [5, 5.41) is 33.9. The largest absolute Gasteiger partial charge is 0.504 e. The Balaban J connectivity index is 1.09. The van der Waals surface area contributed by atoms with E-state index in [1.807, 2.05) is 30.2 Å². The van der Waals surface area contributed by atoms with E-state index >= 15 is 0 Å². The maximum Gasteiger partial charge on any atom is 0.163 e. The van der Waals surface area contributed by atoms with E-state index in [4.69, 9.17) is 10.5 Å². The normalized spacial score (nSPS) is 15.8. The number of nitrogens with zero attached hydrogens (tertiary/aromatic N) is 2. The Morgan fingerprint density at radius 3 is 2.62 bits per heavy atom. The summed E-state index contributed by atoms with van der Waals surface area (Å²) < 4.78 is 6.00. The number of hydrogen-bond donors (Lipinski definition) is 5. The van der Waals surface area contributed by atoms with E-state index in [1.54, 1.807) is 18.2 Å². The summed E-state index contributed by atoms with van der Waals surface area (Å²) in [6.45, 7) is 3.60. The van der Waals surface area contributed by atoms with Gasteiger partial charge in [-0.25, -0.2) is 0 Å². The molecule has 3 atom stereocenters. The summed E-state index contributed by atoms with van der Waals surface area (Å²) in [7, 11) is 0. The van der Waals surface area contributed by atoms with Crippen molar-refractivity contribution in [3.8, 4) is 11.5 Å². The molecule has 0 aromatic heterocycles. The number of benzene rings is 3. The van der Waals surface area contributed by atoms with Crippen molar-refractivity contribution >= 4 is 11.5 Å². The van der Waals surface area contributed by atoms with Crippen molar-refractivity contribution < 1.29 is 24.9 Å². The van der Waals surface area contributed by atoms with Gasteiger partial charge in [0.2, 0.25) is 0 Å². The molecule has 2 aliphatic heterocycles. The van der Waals surface area contributed by atoms with Gasteiger partial charge in [-0.2, -0.15) is 0 Å². The van der Waals surface area contributed by atoms with E-state index in [0.717, 1.165) is 59.4 Å². The summed E-state index contributed by atoms with van der Waals surface area (Å²) in [6.07, 6.45) is 6.36. The fourth-order valence-corrected chi connectivity index (χ4v) is 6.14. The van der Waals surface area contributed by atoms with Gasteiger partial charge in [-0.1, -0.05) is 74.0 Å². The van der Waals surface area contributed by atoms with Crippen LogP contribution in [0.1, 0.15) is 67.4 Å². The van der Waals surface area contributed by atoms with Gasteiger partial charge in [0.15, 0.2) is 18.2 Å². The second kappa shape index (κ2) is 17.2. The number of aryl methyl sites for hydroxylation is 1. The molecular weight excluding hydrogens is 604 g/mol. The summed E-state index contributed by atoms with van der Waals surface area (Å²) in [5.41, 5.74) is 14.0. The maximum atomic E-state index is 12.4. The van der Waals surface area contributed by atoms with Gasteiger partial charge in [0.25, 0.3) is 0 Å². The number of rotatable bonds is 19. The Morgan fingerprint density at radius 1 is 1.00 bits per heavy atom. The third-order valence-electron chi connectivity index (χ3n) is 8.76. The maximum absolute atomic E-state index is 12.4. The van der Waals surface area contributed by atoms with Crippen LogP contribution in [0.3, 0.4) is 0 Å². The first-order valence-corrected chi connectivity index (χ1v) is 16.9. The number of Topliss-reactive ketones (excluding diaryl/α,β-unsaturated/α-hetero) is 1. The molecule has 6 N–H and O–H groups in total. The molecule has 0 saturated heterocycles. The monoisotopic (exact) mass is 652 g/mol. The average molecular weight is 653 g/mol. The molecule has 0 unspecified atom stereocenters. The van der Waals surface area contributed by atoms with E-state index < -0.39 is 12.2 Å². The number of carbonyl (C=O) groups is 1. The molecule has 0 radical (unpaired) electrons. The number of aliphatic hydroxyl groups excluding tert-OH is 2. The molecule has 254 valence electrons. The highest BCUT2D eigenvalue weighted by molar-refractivity contribution is 6.09. The highest BCUT2D eigenvalue weighted by Gasteiger charge is 2.26. The first kappa shape index (κ1) is 35.0. The van der Waals surface area contributed by atoms with Gasteiger partial charge in [-0.05, 0) is 72.1 Å². The SMILES string of the molecule is CCC[C@H](O)C[C@@H](O)CC(=O)CCc1ccc(O)c(OCN2C=C3C(Cc4cccc([C@H](N)NCCc5ccccc5)c4)=CN=C3C2)c1. The Labute approximate surface area is 283 Å². The highest BCUT2D eigenvalue weighted by Crippen LogP contribution is 2.31. The van der Waals surface area contributed by atoms with Crippen molar-refractivity contribution in [1.29, 1.82) is 0 Å². The second-order valence-electron chi connectivity index (χ2n) is 12.8. The number of aliphatic imine (C=N–C) groups is 1. The van der Waals surface area contributed by atoms with Crippen molar-refractivity contribution in [2.75, 3.05) is 19.8 Å². The van der Waals surface area contributed by atoms with Gasteiger partial charge in [0.05, 0.1) is 30.6 Å². The fourth-order valence-electron chi connectivity index (χ4n) is 6.14. The molecule has 0 spiro atoms. The first-order valence-electron chi connectivity index (χ1n) is 16.9. The van der Waals surface area contributed by atoms with Crippen LogP contribution in [0.15, 0.2) is 101 Å². The van der Waals surface area contributed by atoms with Crippen LogP contribution in [0.5, 0.6) is 11.5 Å². The predicted molar refractivity (Wildman–Crippen MR) is 189 cm³/mol. The number of hydrogen-bond acceptors (Lipinski definition) is 9. The van der Waals surface area contributed by atoms with Crippen molar-refractivity contribution in [1.82, 2.24) is 10.2 Å². The number of aromatic hydroxyl groups is 1. The number of carbonyl (C=O) groups excluding carboxylic acids is 1. The van der Waals surface area contributed by atoms with Crippen molar-refractivity contribution in [2.24, 2.45) is 10.7 Å². The van der Waals surface area contributed by atoms with E-state index in [2.05, 4.69) is 59.0 Å². The lowest BCUT2D eigenvalue weighted by Gasteiger charge is -2.17. The molecular formula is C39H48N4O5. The Morgan fingerprint density at radius 2 is 1.81 bits per heavy atom. The number of ketones is 1. The van der Waals surface area contributed by atoms with Crippen LogP contribution in [0.4, 0.5) is 0 Å². The van der Waals surface area contributed by atoms with Crippen molar-refractivity contribution in [2.45, 2.75) is 76.7 Å². The zero-order valence-electron chi connectivity index (χ0n) is 27.7. The number of ether oxygens (including phenoxy) is 1. The van der Waals surface area contributed by atoms with Crippen LogP contribution >= 0.6 is 0 Å². The summed E-state index contributed by atoms with van der Waals surface area (Å²) >= 11 is 0. The molecule has 0 bridgehead atoms. The molecule has 2 heterocycles. The molecule has 3 aromatic carbocycles. The van der Waals surface area contributed by atoms with E-state index in [9.17, 15) is 20.1 Å². The fraction of sp³-hybridized carbons (Fsp3) is 0.385. The van der Waals surface area contributed by atoms with Crippen LogP contribution in [-0.2, 0) is 24.1 Å². The lowest BCUT2D eigenvalue weighted by Crippen LogP contribution is -2.30. The molecule has 9 heteroatoms. The minimum atomic E-state index is -0.840. The average Bonchev–Trinajstić information content (AvgIpc) is 3.65. The molecule has 0 amide bonds. The lowest BCUT2D eigenvalue weighted by atomic mass is 9.97. The van der Waals surface area contributed by atoms with Crippen molar-refractivity contribution in [3.63, 3.8) is 0 Å². The van der Waals surface area contributed by atoms with Crippen LogP contribution in [-0.4, -0.2) is 63.7 Å². The van der Waals surface area contributed by atoms with Gasteiger partial charge in [-0.3, -0.25) is 15.1 Å². The molecule has 9 nitrogen and oxygen atoms in total. The van der Waals surface area contributed by atoms with Gasteiger partial charge < -0.3 is 30.7 Å². The van der Waals surface area contributed by atoms with Gasteiger partial charge >= 0.3 is 0 Å². The Hall–Kier alpha value is -4.28.